The van der Waals surface area contributed by atoms with E-state index in [0.717, 1.165) is 34.0 Å². The first kappa shape index (κ1) is 22.5. The van der Waals surface area contributed by atoms with Crippen LogP contribution in [0, 0.1) is 5.41 Å². The van der Waals surface area contributed by atoms with E-state index in [2.05, 4.69) is 75.6 Å². The van der Waals surface area contributed by atoms with Crippen molar-refractivity contribution in [2.45, 2.75) is 31.7 Å². The molecule has 1 aliphatic carbocycles. The molecule has 1 aliphatic heterocycles. The van der Waals surface area contributed by atoms with Crippen molar-refractivity contribution in [3.8, 4) is 11.1 Å². The van der Waals surface area contributed by atoms with Crippen LogP contribution in [0.2, 0.25) is 5.02 Å². The van der Waals surface area contributed by atoms with Gasteiger partial charge < -0.3 is 5.32 Å². The van der Waals surface area contributed by atoms with E-state index in [1.807, 2.05) is 6.07 Å². The molecule has 1 fully saturated rings. The highest BCUT2D eigenvalue weighted by Gasteiger charge is 2.56. The number of aromatic nitrogens is 1. The maximum atomic E-state index is 13.7. The number of likely N-dealkylation sites (N-methyl/N-ethyl adjacent to an activating group) is 1. The predicted molar refractivity (Wildman–Crippen MR) is 139 cm³/mol. The monoisotopic (exact) mass is 539 g/mol. The molecule has 2 atom stereocenters. The number of carbonyl (C=O) groups is 1. The van der Waals surface area contributed by atoms with Crippen molar-refractivity contribution in [1.82, 2.24) is 15.2 Å². The zero-order chi connectivity index (χ0) is 23.4. The average molecular weight is 541 g/mol. The minimum absolute atomic E-state index is 0.00292. The number of pyridine rings is 1. The highest BCUT2D eigenvalue weighted by molar-refractivity contribution is 9.10. The molecule has 2 aromatic carbocycles. The molecule has 1 amide bonds. The second-order valence-electron chi connectivity index (χ2n) is 9.43. The van der Waals surface area contributed by atoms with E-state index in [-0.39, 0.29) is 11.3 Å². The number of carbonyl (C=O) groups excluding carboxylic acids is 1. The Kier molecular flexibility index (Phi) is 5.58. The topological polar surface area (TPSA) is 45.2 Å². The number of nitrogens with one attached hydrogen (secondary N) is 1. The number of amides is 1. The Bertz CT molecular complexity index is 1280. The normalized spacial score (nSPS) is 24.2. The van der Waals surface area contributed by atoms with Gasteiger partial charge in [0.05, 0.1) is 5.02 Å². The number of fused-ring (bicyclic) bond motifs is 2. The minimum atomic E-state index is -0.883. The van der Waals surface area contributed by atoms with Gasteiger partial charge in [0.25, 0.3) is 5.91 Å². The summed E-state index contributed by atoms with van der Waals surface area (Å²) in [6, 6.07) is 16.7. The van der Waals surface area contributed by atoms with Crippen LogP contribution in [0.25, 0.3) is 11.1 Å². The summed E-state index contributed by atoms with van der Waals surface area (Å²) in [4.78, 5) is 19.5. The Morgan fingerprint density at radius 2 is 1.91 bits per heavy atom. The van der Waals surface area contributed by atoms with Gasteiger partial charge >= 0.3 is 0 Å². The molecule has 33 heavy (non-hydrogen) atoms. The highest BCUT2D eigenvalue weighted by Crippen LogP contribution is 2.49. The van der Waals surface area contributed by atoms with Crippen molar-refractivity contribution >= 4 is 50.8 Å². The van der Waals surface area contributed by atoms with Crippen LogP contribution >= 0.6 is 39.7 Å². The van der Waals surface area contributed by atoms with E-state index in [0.29, 0.717) is 16.6 Å². The van der Waals surface area contributed by atoms with Crippen LogP contribution in [-0.4, -0.2) is 28.0 Å². The summed E-state index contributed by atoms with van der Waals surface area (Å²) in [7, 11) is 1.75. The molecule has 0 radical (unpaired) electrons. The van der Waals surface area contributed by atoms with Crippen molar-refractivity contribution in [3.05, 3.63) is 87.1 Å². The zero-order valence-corrected chi connectivity index (χ0v) is 21.5. The first-order valence-electron chi connectivity index (χ1n) is 10.8. The quantitative estimate of drug-likeness (QED) is 0.420. The van der Waals surface area contributed by atoms with Gasteiger partial charge in [0.15, 0.2) is 5.11 Å². The van der Waals surface area contributed by atoms with E-state index in [9.17, 15) is 4.79 Å². The lowest BCUT2D eigenvalue weighted by Gasteiger charge is -2.44. The SMILES string of the molecule is CN1C(=O)C2(CC(C)(Cc3ccc(Br)cc3)Cc3ccc(-c4cncc(Cl)c4)cc32)NC1=S. The molecule has 7 heteroatoms. The Morgan fingerprint density at radius 3 is 2.58 bits per heavy atom. The fraction of sp³-hybridized carbons (Fsp3) is 0.269. The van der Waals surface area contributed by atoms with Crippen LogP contribution in [0.3, 0.4) is 0 Å². The molecule has 1 aromatic heterocycles. The highest BCUT2D eigenvalue weighted by atomic mass is 79.9. The third-order valence-corrected chi connectivity index (χ3v) is 7.87. The Morgan fingerprint density at radius 1 is 1.15 bits per heavy atom. The molecule has 0 saturated carbocycles. The van der Waals surface area contributed by atoms with Gasteiger partial charge in [-0.05, 0) is 83.4 Å². The number of hydrogen-bond acceptors (Lipinski definition) is 3. The Balaban J connectivity index is 1.62. The van der Waals surface area contributed by atoms with E-state index in [4.69, 9.17) is 23.8 Å². The average Bonchev–Trinajstić information content (AvgIpc) is 2.99. The number of halogens is 2. The largest absolute Gasteiger partial charge is 0.344 e. The third kappa shape index (κ3) is 3.98. The molecule has 1 spiro atoms. The Labute approximate surface area is 212 Å². The molecule has 0 bridgehead atoms. The zero-order valence-electron chi connectivity index (χ0n) is 18.4. The van der Waals surface area contributed by atoms with Crippen molar-refractivity contribution < 1.29 is 4.79 Å². The molecule has 3 aromatic rings. The molecule has 5 rings (SSSR count). The van der Waals surface area contributed by atoms with Crippen molar-refractivity contribution in [3.63, 3.8) is 0 Å². The maximum Gasteiger partial charge on any atom is 0.258 e. The number of rotatable bonds is 3. The van der Waals surface area contributed by atoms with Crippen molar-refractivity contribution in [1.29, 1.82) is 0 Å². The van der Waals surface area contributed by atoms with E-state index < -0.39 is 5.54 Å². The third-order valence-electron chi connectivity index (χ3n) is 6.76. The summed E-state index contributed by atoms with van der Waals surface area (Å²) in [5.41, 5.74) is 4.31. The summed E-state index contributed by atoms with van der Waals surface area (Å²) in [6.45, 7) is 2.27. The van der Waals surface area contributed by atoms with Crippen LogP contribution < -0.4 is 5.32 Å². The van der Waals surface area contributed by atoms with E-state index in [1.165, 1.54) is 11.1 Å². The van der Waals surface area contributed by atoms with Crippen LogP contribution in [0.4, 0.5) is 0 Å². The summed E-state index contributed by atoms with van der Waals surface area (Å²) in [6.07, 6.45) is 5.81. The van der Waals surface area contributed by atoms with Crippen LogP contribution in [-0.2, 0) is 23.2 Å². The molecule has 2 unspecified atom stereocenters. The molecule has 1 N–H and O–H groups in total. The lowest BCUT2D eigenvalue weighted by atomic mass is 9.62. The first-order chi connectivity index (χ1) is 15.7. The molecule has 168 valence electrons. The van der Waals surface area contributed by atoms with Gasteiger partial charge in [-0.2, -0.15) is 0 Å². The second kappa shape index (κ2) is 8.19. The van der Waals surface area contributed by atoms with Gasteiger partial charge in [-0.1, -0.05) is 58.7 Å². The number of nitrogens with zero attached hydrogens (tertiary/aromatic N) is 2. The molecule has 1 saturated heterocycles. The van der Waals surface area contributed by atoms with Gasteiger partial charge in [-0.25, -0.2) is 0 Å². The van der Waals surface area contributed by atoms with Crippen LogP contribution in [0.5, 0.6) is 0 Å². The summed E-state index contributed by atoms with van der Waals surface area (Å²) in [5.74, 6) is -0.00292. The lowest BCUT2D eigenvalue weighted by Crippen LogP contribution is -2.52. The summed E-state index contributed by atoms with van der Waals surface area (Å²) in [5, 5.41) is 4.47. The molecule has 2 aliphatic rings. The predicted octanol–water partition coefficient (Wildman–Crippen LogP) is 5.90. The summed E-state index contributed by atoms with van der Waals surface area (Å²) >= 11 is 15.2. The van der Waals surface area contributed by atoms with Crippen LogP contribution in [0.1, 0.15) is 30.0 Å². The smallest absolute Gasteiger partial charge is 0.258 e. The fourth-order valence-electron chi connectivity index (χ4n) is 5.36. The standard InChI is InChI=1S/C26H23BrClN3OS/c1-25(11-16-3-7-20(27)8-4-16)12-18-6-5-17(19-9-21(28)14-29-13-19)10-22(18)26(15-25)23(32)31(2)24(33)30-26/h3-10,13-14H,11-12,15H2,1-2H3,(H,30,33). The van der Waals surface area contributed by atoms with Crippen molar-refractivity contribution in [2.75, 3.05) is 7.05 Å². The van der Waals surface area contributed by atoms with Crippen molar-refractivity contribution in [2.24, 2.45) is 5.41 Å². The lowest BCUT2D eigenvalue weighted by molar-refractivity contribution is -0.132. The molecular weight excluding hydrogens is 518 g/mol. The Hall–Kier alpha value is -2.28. The number of benzene rings is 2. The van der Waals surface area contributed by atoms with Gasteiger partial charge in [0.2, 0.25) is 0 Å². The minimum Gasteiger partial charge on any atom is -0.344 e. The molecule has 4 nitrogen and oxygen atoms in total. The van der Waals surface area contributed by atoms with Gasteiger partial charge in [-0.3, -0.25) is 14.7 Å². The van der Waals surface area contributed by atoms with Gasteiger partial charge in [0, 0.05) is 29.5 Å². The van der Waals surface area contributed by atoms with E-state index >= 15 is 0 Å². The second-order valence-corrected chi connectivity index (χ2v) is 11.2. The fourth-order valence-corrected chi connectivity index (χ4v) is 6.05. The maximum absolute atomic E-state index is 13.7. The number of thiocarbonyl (C=S) groups is 1. The molecule has 2 heterocycles. The van der Waals surface area contributed by atoms with E-state index in [1.54, 1.807) is 24.3 Å². The van der Waals surface area contributed by atoms with Gasteiger partial charge in [0.1, 0.15) is 5.54 Å². The first-order valence-corrected chi connectivity index (χ1v) is 12.4. The van der Waals surface area contributed by atoms with Gasteiger partial charge in [-0.15, -0.1) is 0 Å². The number of hydrogen-bond donors (Lipinski definition) is 1. The summed E-state index contributed by atoms with van der Waals surface area (Å²) < 4.78 is 1.06. The molecular formula is C26H23BrClN3OS. The van der Waals surface area contributed by atoms with Crippen LogP contribution in [0.15, 0.2) is 65.4 Å².